The first-order valence-corrected chi connectivity index (χ1v) is 3.98. The fourth-order valence-corrected chi connectivity index (χ4v) is 1.54. The molecule has 1 aromatic carbocycles. The van der Waals surface area contributed by atoms with E-state index in [4.69, 9.17) is 0 Å². The van der Waals surface area contributed by atoms with E-state index in [1.807, 2.05) is 37.3 Å². The summed E-state index contributed by atoms with van der Waals surface area (Å²) in [5.74, 6) is 0. The number of fused-ring (bicyclic) bond motifs is 1. The Kier molecular flexibility index (Phi) is 1.37. The lowest BCUT2D eigenvalue weighted by molar-refractivity contribution is 0.565. The first-order chi connectivity index (χ1) is 5.62. The van der Waals surface area contributed by atoms with Gasteiger partial charge in [0, 0.05) is 24.6 Å². The fraction of sp³-hybridized carbons (Fsp3) is 0.200. The lowest BCUT2D eigenvalue weighted by Gasteiger charge is -2.35. The van der Waals surface area contributed by atoms with Gasteiger partial charge in [-0.15, -0.1) is 0 Å². The summed E-state index contributed by atoms with van der Waals surface area (Å²) < 4.78 is -0.351. The molecule has 0 aliphatic carbocycles. The van der Waals surface area contributed by atoms with Crippen LogP contribution in [0.3, 0.4) is 0 Å². The van der Waals surface area contributed by atoms with Gasteiger partial charge in [0.25, 0.3) is 0 Å². The Bertz CT molecular complexity index is 353. The van der Waals surface area contributed by atoms with Crippen molar-refractivity contribution in [1.29, 1.82) is 0 Å². The number of hydroxylamine groups is 2. The number of rotatable bonds is 0. The molecule has 1 aliphatic heterocycles. The van der Waals surface area contributed by atoms with Crippen LogP contribution in [0.2, 0.25) is 0 Å². The number of hydrogen-bond acceptors (Lipinski definition) is 1. The Morgan fingerprint density at radius 2 is 1.92 bits per heavy atom. The summed E-state index contributed by atoms with van der Waals surface area (Å²) in [5.41, 5.74) is 2.73. The molecule has 1 aromatic rings. The summed E-state index contributed by atoms with van der Waals surface area (Å²) in [6.45, 7) is 1.87. The van der Waals surface area contributed by atoms with Crippen LogP contribution in [0, 0.1) is 5.21 Å². The van der Waals surface area contributed by atoms with Crippen LogP contribution in [0.1, 0.15) is 12.5 Å². The Hall–Kier alpha value is -1.12. The van der Waals surface area contributed by atoms with Crippen LogP contribution in [-0.2, 0) is 0 Å². The molecule has 0 saturated heterocycles. The van der Waals surface area contributed by atoms with Gasteiger partial charge in [0.05, 0.1) is 7.05 Å². The van der Waals surface area contributed by atoms with Crippen LogP contribution in [0.4, 0.5) is 5.69 Å². The number of benzene rings is 1. The van der Waals surface area contributed by atoms with Crippen LogP contribution >= 0.6 is 0 Å². The predicted octanol–water partition coefficient (Wildman–Crippen LogP) is 2.50. The molecule has 2 heteroatoms. The molecule has 2 nitrogen and oxygen atoms in total. The molecule has 1 atom stereocenters. The van der Waals surface area contributed by atoms with Gasteiger partial charge in [-0.2, -0.15) is 0 Å². The topological polar surface area (TPSA) is 23.1 Å². The van der Waals surface area contributed by atoms with Gasteiger partial charge in [0.1, 0.15) is 11.4 Å². The molecule has 1 aliphatic rings. The van der Waals surface area contributed by atoms with Gasteiger partial charge >= 0.3 is 0 Å². The maximum Gasteiger partial charge on any atom is 0.144 e. The first kappa shape index (κ1) is 7.53. The monoisotopic (exact) mass is 161 g/mol. The second-order valence-electron chi connectivity index (χ2n) is 3.27. The van der Waals surface area contributed by atoms with Crippen molar-refractivity contribution in [3.8, 4) is 0 Å². The Morgan fingerprint density at radius 3 is 2.58 bits per heavy atom. The molecular formula is C10H11NO. The van der Waals surface area contributed by atoms with Gasteiger partial charge in [0.15, 0.2) is 0 Å². The second kappa shape index (κ2) is 2.19. The summed E-state index contributed by atoms with van der Waals surface area (Å²) in [5, 5.41) is 11.9. The second-order valence-corrected chi connectivity index (χ2v) is 3.27. The molecule has 1 unspecified atom stereocenters. The minimum absolute atomic E-state index is 0.351. The van der Waals surface area contributed by atoms with Crippen molar-refractivity contribution in [3.05, 3.63) is 40.7 Å². The normalized spacial score (nSPS) is 26.8. The van der Waals surface area contributed by atoms with E-state index in [1.54, 1.807) is 7.05 Å². The van der Waals surface area contributed by atoms with Crippen LogP contribution in [0.25, 0.3) is 6.08 Å². The summed E-state index contributed by atoms with van der Waals surface area (Å²) >= 11 is 0. The number of quaternary nitrogens is 1. The lowest BCUT2D eigenvalue weighted by Crippen LogP contribution is -2.33. The molecule has 0 N–H and O–H groups in total. The van der Waals surface area contributed by atoms with Gasteiger partial charge < -0.3 is 9.85 Å². The average Bonchev–Trinajstić information content (AvgIpc) is 2.25. The largest absolute Gasteiger partial charge is 0.622 e. The molecule has 0 spiro atoms. The van der Waals surface area contributed by atoms with E-state index in [2.05, 4.69) is 0 Å². The average molecular weight is 161 g/mol. The maximum atomic E-state index is 11.9. The highest BCUT2D eigenvalue weighted by Crippen LogP contribution is 2.36. The van der Waals surface area contributed by atoms with E-state index in [-0.39, 0.29) is 4.65 Å². The maximum absolute atomic E-state index is 11.9. The number of para-hydroxylation sites is 1. The smallest absolute Gasteiger partial charge is 0.144 e. The minimum atomic E-state index is -0.351. The van der Waals surface area contributed by atoms with Crippen molar-refractivity contribution in [2.45, 2.75) is 6.92 Å². The van der Waals surface area contributed by atoms with Crippen molar-refractivity contribution in [1.82, 2.24) is 4.65 Å². The summed E-state index contributed by atoms with van der Waals surface area (Å²) in [4.78, 5) is 0. The Morgan fingerprint density at radius 1 is 1.25 bits per heavy atom. The van der Waals surface area contributed by atoms with E-state index < -0.39 is 0 Å². The fourth-order valence-electron chi connectivity index (χ4n) is 1.54. The first-order valence-electron chi connectivity index (χ1n) is 3.98. The van der Waals surface area contributed by atoms with E-state index >= 15 is 0 Å². The lowest BCUT2D eigenvalue weighted by atomic mass is 10.2. The molecule has 0 saturated carbocycles. The van der Waals surface area contributed by atoms with Crippen LogP contribution in [0.15, 0.2) is 30.0 Å². The van der Waals surface area contributed by atoms with Gasteiger partial charge in [-0.3, -0.25) is 0 Å². The van der Waals surface area contributed by atoms with Crippen molar-refractivity contribution >= 4 is 11.8 Å². The SMILES string of the molecule is CC1=Cc2ccccc2[N+]1(C)[O-]. The molecule has 62 valence electrons. The third kappa shape index (κ3) is 0.823. The standard InChI is InChI=1S/C10H11NO/c1-8-7-9-5-3-4-6-10(9)11(8,2)12/h3-7H,1-2H3. The summed E-state index contributed by atoms with van der Waals surface area (Å²) in [6.07, 6.45) is 1.95. The summed E-state index contributed by atoms with van der Waals surface area (Å²) in [7, 11) is 1.66. The van der Waals surface area contributed by atoms with E-state index in [9.17, 15) is 5.21 Å². The van der Waals surface area contributed by atoms with E-state index in [1.165, 1.54) is 0 Å². The third-order valence-electron chi connectivity index (χ3n) is 2.43. The van der Waals surface area contributed by atoms with Crippen molar-refractivity contribution in [2.75, 3.05) is 7.05 Å². The van der Waals surface area contributed by atoms with E-state index in [0.717, 1.165) is 16.9 Å². The zero-order chi connectivity index (χ0) is 8.77. The van der Waals surface area contributed by atoms with Gasteiger partial charge in [-0.25, -0.2) is 0 Å². The third-order valence-corrected chi connectivity index (χ3v) is 2.43. The molecule has 1 heterocycles. The molecule has 0 aromatic heterocycles. The van der Waals surface area contributed by atoms with Crippen molar-refractivity contribution in [2.24, 2.45) is 0 Å². The Labute approximate surface area is 71.9 Å². The van der Waals surface area contributed by atoms with Crippen molar-refractivity contribution in [3.63, 3.8) is 0 Å². The highest BCUT2D eigenvalue weighted by Gasteiger charge is 2.26. The molecule has 0 fully saturated rings. The van der Waals surface area contributed by atoms with E-state index in [0.29, 0.717) is 0 Å². The molecule has 0 bridgehead atoms. The summed E-state index contributed by atoms with van der Waals surface area (Å²) in [6, 6.07) is 7.71. The highest BCUT2D eigenvalue weighted by molar-refractivity contribution is 5.75. The van der Waals surface area contributed by atoms with Crippen molar-refractivity contribution < 1.29 is 0 Å². The van der Waals surface area contributed by atoms with Gasteiger partial charge in [-0.05, 0) is 6.07 Å². The number of nitrogens with zero attached hydrogens (tertiary/aromatic N) is 1. The Balaban J connectivity index is 2.66. The van der Waals surface area contributed by atoms with Gasteiger partial charge in [0.2, 0.25) is 0 Å². The number of hydrogen-bond donors (Lipinski definition) is 0. The molecule has 12 heavy (non-hydrogen) atoms. The minimum Gasteiger partial charge on any atom is -0.622 e. The molecular weight excluding hydrogens is 150 g/mol. The molecule has 2 rings (SSSR count). The zero-order valence-corrected chi connectivity index (χ0v) is 7.24. The molecule has 0 radical (unpaired) electrons. The highest BCUT2D eigenvalue weighted by atomic mass is 16.5. The quantitative estimate of drug-likeness (QED) is 0.423. The van der Waals surface area contributed by atoms with Crippen LogP contribution in [-0.4, -0.2) is 7.05 Å². The van der Waals surface area contributed by atoms with Crippen LogP contribution in [0.5, 0.6) is 0 Å². The predicted molar refractivity (Wildman–Crippen MR) is 51.2 cm³/mol. The zero-order valence-electron chi connectivity index (χ0n) is 7.24. The molecule has 0 amide bonds. The number of allylic oxidation sites excluding steroid dienone is 1. The van der Waals surface area contributed by atoms with Gasteiger partial charge in [-0.1, -0.05) is 12.1 Å². The van der Waals surface area contributed by atoms with Crippen LogP contribution < -0.4 is 4.65 Å².